The molecule has 0 fully saturated rings. The molecule has 0 radical (unpaired) electrons. The van der Waals surface area contributed by atoms with E-state index in [1.807, 2.05) is 0 Å². The second-order valence-electron chi connectivity index (χ2n) is 6.85. The summed E-state index contributed by atoms with van der Waals surface area (Å²) in [4.78, 5) is 9.41. The van der Waals surface area contributed by atoms with Crippen molar-refractivity contribution in [1.29, 1.82) is 0 Å². The summed E-state index contributed by atoms with van der Waals surface area (Å²) in [6, 6.07) is 8.36. The predicted octanol–water partition coefficient (Wildman–Crippen LogP) is 4.62. The molecule has 6 heteroatoms. The number of halogens is 1. The van der Waals surface area contributed by atoms with E-state index in [1.54, 1.807) is 11.3 Å². The van der Waals surface area contributed by atoms with Crippen molar-refractivity contribution < 1.29 is 0 Å². The van der Waals surface area contributed by atoms with Gasteiger partial charge in [-0.15, -0.1) is 35.3 Å². The smallest absolute Gasteiger partial charge is 0.191 e. The molecule has 0 atom stereocenters. The topological polar surface area (TPSA) is 49.3 Å². The van der Waals surface area contributed by atoms with E-state index in [-0.39, 0.29) is 29.4 Å². The molecule has 0 saturated heterocycles. The molecule has 0 spiro atoms. The molecule has 138 valence electrons. The van der Waals surface area contributed by atoms with Crippen LogP contribution in [0.2, 0.25) is 0 Å². The fourth-order valence-corrected chi connectivity index (χ4v) is 3.15. The highest BCUT2D eigenvalue weighted by atomic mass is 127. The molecule has 2 aromatic rings. The zero-order chi connectivity index (χ0) is 17.6. The Labute approximate surface area is 172 Å². The summed E-state index contributed by atoms with van der Waals surface area (Å²) >= 11 is 1.70. The summed E-state index contributed by atoms with van der Waals surface area (Å²) < 4.78 is 0. The fraction of sp³-hybridized carbons (Fsp3) is 0.474. The molecule has 0 bridgehead atoms. The molecular formula is C19H29IN4S. The van der Waals surface area contributed by atoms with E-state index in [1.165, 1.54) is 11.1 Å². The van der Waals surface area contributed by atoms with Gasteiger partial charge in [-0.3, -0.25) is 0 Å². The summed E-state index contributed by atoms with van der Waals surface area (Å²) in [7, 11) is 0. The van der Waals surface area contributed by atoms with Crippen LogP contribution in [0.4, 0.5) is 0 Å². The number of benzene rings is 1. The molecule has 1 heterocycles. The number of guanidine groups is 1. The first-order chi connectivity index (χ1) is 11.4. The highest BCUT2D eigenvalue weighted by molar-refractivity contribution is 14.0. The molecule has 0 aliphatic heterocycles. The Balaban J connectivity index is 0.00000312. The Bertz CT molecular complexity index is 689. The Morgan fingerprint density at radius 1 is 1.20 bits per heavy atom. The second-order valence-corrected chi connectivity index (χ2v) is 7.79. The van der Waals surface area contributed by atoms with Crippen LogP contribution >= 0.6 is 35.3 Å². The molecule has 4 nitrogen and oxygen atoms in total. The maximum atomic E-state index is 4.72. The quantitative estimate of drug-likeness (QED) is 0.379. The number of hydrogen-bond donors (Lipinski definition) is 2. The summed E-state index contributed by atoms with van der Waals surface area (Å²) in [5, 5.41) is 9.91. The average molecular weight is 472 g/mol. The van der Waals surface area contributed by atoms with E-state index in [0.29, 0.717) is 13.1 Å². The van der Waals surface area contributed by atoms with Crippen LogP contribution in [0.3, 0.4) is 0 Å². The number of thiazole rings is 1. The van der Waals surface area contributed by atoms with Gasteiger partial charge in [0.2, 0.25) is 0 Å². The van der Waals surface area contributed by atoms with Crippen molar-refractivity contribution in [3.05, 3.63) is 51.5 Å². The predicted molar refractivity (Wildman–Crippen MR) is 119 cm³/mol. The molecule has 0 aliphatic rings. The van der Waals surface area contributed by atoms with Crippen LogP contribution in [0.1, 0.15) is 49.5 Å². The van der Waals surface area contributed by atoms with E-state index in [9.17, 15) is 0 Å². The number of nitrogens with one attached hydrogen (secondary N) is 2. The van der Waals surface area contributed by atoms with Crippen molar-refractivity contribution in [3.63, 3.8) is 0 Å². The zero-order valence-corrected chi connectivity index (χ0v) is 18.9. The first-order valence-corrected chi connectivity index (χ1v) is 9.29. The zero-order valence-electron chi connectivity index (χ0n) is 15.7. The Morgan fingerprint density at radius 2 is 1.92 bits per heavy atom. The maximum absolute atomic E-state index is 4.72. The Hall–Kier alpha value is -1.15. The number of aryl methyl sites for hydroxylation is 1. The lowest BCUT2D eigenvalue weighted by Gasteiger charge is -2.14. The minimum Gasteiger partial charge on any atom is -0.357 e. The third-order valence-corrected chi connectivity index (χ3v) is 4.59. The van der Waals surface area contributed by atoms with Gasteiger partial charge in [-0.2, -0.15) is 0 Å². The highest BCUT2D eigenvalue weighted by Gasteiger charge is 2.17. The van der Waals surface area contributed by atoms with E-state index in [0.717, 1.165) is 23.2 Å². The van der Waals surface area contributed by atoms with Gasteiger partial charge in [0.1, 0.15) is 5.01 Å². The standard InChI is InChI=1S/C19H28N4S.HI/c1-6-20-18(21-11-15-10-8-7-9-14(15)2)22-12-17-23-16(13-24-17)19(3,4)5;/h7-10,13H,6,11-12H2,1-5H3,(H2,20,21,22);1H. The van der Waals surface area contributed by atoms with Crippen LogP contribution in [0.5, 0.6) is 0 Å². The van der Waals surface area contributed by atoms with E-state index < -0.39 is 0 Å². The number of hydrogen-bond acceptors (Lipinski definition) is 3. The summed E-state index contributed by atoms with van der Waals surface area (Å²) in [6.45, 7) is 13.0. The first-order valence-electron chi connectivity index (χ1n) is 8.41. The monoisotopic (exact) mass is 472 g/mol. The lowest BCUT2D eigenvalue weighted by Crippen LogP contribution is -2.36. The first kappa shape index (κ1) is 21.9. The van der Waals surface area contributed by atoms with Crippen LogP contribution in [0.15, 0.2) is 34.6 Å². The van der Waals surface area contributed by atoms with Gasteiger partial charge in [0, 0.05) is 17.3 Å². The molecule has 25 heavy (non-hydrogen) atoms. The molecule has 0 aliphatic carbocycles. The molecular weight excluding hydrogens is 443 g/mol. The van der Waals surface area contributed by atoms with Crippen molar-refractivity contribution in [1.82, 2.24) is 15.6 Å². The SMILES string of the molecule is CCNC(=NCc1ccccc1C)NCc1nc(C(C)(C)C)cs1.I. The molecule has 0 saturated carbocycles. The summed E-state index contributed by atoms with van der Waals surface area (Å²) in [5.74, 6) is 0.827. The number of rotatable bonds is 5. The van der Waals surface area contributed by atoms with E-state index in [4.69, 9.17) is 4.98 Å². The molecule has 2 rings (SSSR count). The largest absolute Gasteiger partial charge is 0.357 e. The number of aliphatic imine (C=N–C) groups is 1. The van der Waals surface area contributed by atoms with E-state index in [2.05, 4.69) is 79.9 Å². The Morgan fingerprint density at radius 3 is 2.52 bits per heavy atom. The van der Waals surface area contributed by atoms with Crippen LogP contribution < -0.4 is 10.6 Å². The van der Waals surface area contributed by atoms with Crippen molar-refractivity contribution in [2.75, 3.05) is 6.54 Å². The van der Waals surface area contributed by atoms with Crippen LogP contribution in [0.25, 0.3) is 0 Å². The van der Waals surface area contributed by atoms with E-state index >= 15 is 0 Å². The molecule has 2 N–H and O–H groups in total. The Kier molecular flexibility index (Phi) is 8.85. The van der Waals surface area contributed by atoms with Crippen molar-refractivity contribution in [2.24, 2.45) is 4.99 Å². The van der Waals surface area contributed by atoms with Gasteiger partial charge < -0.3 is 10.6 Å². The molecule has 0 unspecified atom stereocenters. The maximum Gasteiger partial charge on any atom is 0.191 e. The van der Waals surface area contributed by atoms with Gasteiger partial charge in [0.05, 0.1) is 18.8 Å². The lowest BCUT2D eigenvalue weighted by atomic mass is 9.93. The van der Waals surface area contributed by atoms with Gasteiger partial charge >= 0.3 is 0 Å². The van der Waals surface area contributed by atoms with Crippen molar-refractivity contribution in [3.8, 4) is 0 Å². The third kappa shape index (κ3) is 6.93. The van der Waals surface area contributed by atoms with Crippen LogP contribution in [0, 0.1) is 6.92 Å². The van der Waals surface area contributed by atoms with Gasteiger partial charge in [-0.05, 0) is 25.0 Å². The van der Waals surface area contributed by atoms with Crippen LogP contribution in [-0.2, 0) is 18.5 Å². The van der Waals surface area contributed by atoms with Gasteiger partial charge in [-0.1, -0.05) is 45.0 Å². The normalized spacial score (nSPS) is 11.8. The van der Waals surface area contributed by atoms with Gasteiger partial charge in [-0.25, -0.2) is 9.98 Å². The number of aromatic nitrogens is 1. The highest BCUT2D eigenvalue weighted by Crippen LogP contribution is 2.23. The minimum atomic E-state index is 0. The minimum absolute atomic E-state index is 0. The molecule has 1 aromatic heterocycles. The summed E-state index contributed by atoms with van der Waals surface area (Å²) in [5.41, 5.74) is 3.76. The lowest BCUT2D eigenvalue weighted by molar-refractivity contribution is 0.570. The average Bonchev–Trinajstić information content (AvgIpc) is 3.00. The third-order valence-electron chi connectivity index (χ3n) is 3.74. The molecule has 0 amide bonds. The van der Waals surface area contributed by atoms with Crippen LogP contribution in [-0.4, -0.2) is 17.5 Å². The van der Waals surface area contributed by atoms with Gasteiger partial charge in [0.25, 0.3) is 0 Å². The number of nitrogens with zero attached hydrogens (tertiary/aromatic N) is 2. The van der Waals surface area contributed by atoms with Gasteiger partial charge in [0.15, 0.2) is 5.96 Å². The second kappa shape index (κ2) is 10.1. The summed E-state index contributed by atoms with van der Waals surface area (Å²) in [6.07, 6.45) is 0. The van der Waals surface area contributed by atoms with Crippen molar-refractivity contribution in [2.45, 2.75) is 53.1 Å². The van der Waals surface area contributed by atoms with Crippen molar-refractivity contribution >= 4 is 41.3 Å². The fourth-order valence-electron chi connectivity index (χ4n) is 2.19. The molecule has 1 aromatic carbocycles.